The second kappa shape index (κ2) is 13.2. The molecule has 0 saturated heterocycles. The molecular formula is C32H47NO4. The fraction of sp³-hybridized carbons (Fsp3) is 0.562. The number of esters is 1. The number of rotatable bonds is 12. The van der Waals surface area contributed by atoms with Gasteiger partial charge in [0, 0.05) is 23.9 Å². The topological polar surface area (TPSA) is 75.6 Å². The lowest BCUT2D eigenvalue weighted by atomic mass is 9.69. The number of aryl methyl sites for hydroxylation is 3. The Bertz CT molecular complexity index is 1060. The third-order valence-corrected chi connectivity index (χ3v) is 7.85. The second-order valence-electron chi connectivity index (χ2n) is 11.4. The second-order valence-corrected chi connectivity index (χ2v) is 11.4. The first-order valence-corrected chi connectivity index (χ1v) is 13.6. The number of carbonyl (C=O) groups is 2. The number of aliphatic hydroxyl groups is 1. The smallest absolute Gasteiger partial charge is 0.305 e. The van der Waals surface area contributed by atoms with Crippen LogP contribution in [0.4, 0.5) is 5.69 Å². The monoisotopic (exact) mass is 509 g/mol. The van der Waals surface area contributed by atoms with E-state index in [1.165, 1.54) is 29.4 Å². The molecule has 2 aromatic rings. The first-order chi connectivity index (χ1) is 17.4. The molecule has 37 heavy (non-hydrogen) atoms. The normalized spacial score (nSPS) is 12.8. The minimum atomic E-state index is -0.327. The van der Waals surface area contributed by atoms with Crippen molar-refractivity contribution in [3.63, 3.8) is 0 Å². The number of hydrogen-bond acceptors (Lipinski definition) is 4. The minimum Gasteiger partial charge on any atom is -0.469 e. The van der Waals surface area contributed by atoms with Gasteiger partial charge in [0.05, 0.1) is 13.2 Å². The predicted octanol–water partition coefficient (Wildman–Crippen LogP) is 7.03. The molecule has 2 aromatic carbocycles. The van der Waals surface area contributed by atoms with E-state index in [2.05, 4.69) is 81.9 Å². The van der Waals surface area contributed by atoms with E-state index in [0.717, 1.165) is 36.9 Å². The van der Waals surface area contributed by atoms with Crippen molar-refractivity contribution in [1.29, 1.82) is 0 Å². The number of methoxy groups -OCH3 is 1. The minimum absolute atomic E-state index is 0.0974. The van der Waals surface area contributed by atoms with E-state index in [-0.39, 0.29) is 41.7 Å². The van der Waals surface area contributed by atoms with E-state index in [9.17, 15) is 14.7 Å². The van der Waals surface area contributed by atoms with Gasteiger partial charge in [-0.2, -0.15) is 0 Å². The van der Waals surface area contributed by atoms with E-state index >= 15 is 0 Å². The summed E-state index contributed by atoms with van der Waals surface area (Å²) >= 11 is 0. The van der Waals surface area contributed by atoms with Gasteiger partial charge in [0.15, 0.2) is 0 Å². The first-order valence-electron chi connectivity index (χ1n) is 13.6. The van der Waals surface area contributed by atoms with Gasteiger partial charge in [-0.3, -0.25) is 9.59 Å². The number of benzene rings is 2. The maximum absolute atomic E-state index is 12.4. The van der Waals surface area contributed by atoms with Crippen LogP contribution in [-0.2, 0) is 26.2 Å². The van der Waals surface area contributed by atoms with Gasteiger partial charge in [-0.05, 0) is 85.3 Å². The Morgan fingerprint density at radius 2 is 1.54 bits per heavy atom. The number of carbonyl (C=O) groups excluding carboxylic acids is 2. The molecule has 0 saturated carbocycles. The number of ether oxygens (including phenoxy) is 1. The fourth-order valence-corrected chi connectivity index (χ4v) is 5.04. The summed E-state index contributed by atoms with van der Waals surface area (Å²) in [5.74, 6) is -0.394. The molecule has 1 unspecified atom stereocenters. The standard InChI is InChI=1S/C32H47NO4/c1-9-32(10-2,25-16-14-24(22(3)20-25)15-19-28(34)31(5,6)7)26-17-18-27(23(4)21-26)33-29(35)12-11-13-30(36)37-8/h14,16-18,20-21,28,34H,9-13,15,19H2,1-8H3,(H,33,35). The average Bonchev–Trinajstić information content (AvgIpc) is 2.85. The van der Waals surface area contributed by atoms with Gasteiger partial charge in [-0.1, -0.05) is 65.0 Å². The van der Waals surface area contributed by atoms with Gasteiger partial charge in [-0.25, -0.2) is 0 Å². The molecule has 0 aliphatic rings. The average molecular weight is 510 g/mol. The quantitative estimate of drug-likeness (QED) is 0.301. The highest BCUT2D eigenvalue weighted by Crippen LogP contribution is 2.41. The number of amides is 1. The molecule has 5 nitrogen and oxygen atoms in total. The van der Waals surface area contributed by atoms with E-state index < -0.39 is 0 Å². The summed E-state index contributed by atoms with van der Waals surface area (Å²) in [6.07, 6.45) is 4.21. The van der Waals surface area contributed by atoms with Crippen LogP contribution < -0.4 is 5.32 Å². The Labute approximate surface area is 224 Å². The molecule has 0 bridgehead atoms. The number of nitrogens with one attached hydrogen (secondary N) is 1. The van der Waals surface area contributed by atoms with Crippen LogP contribution in [0.15, 0.2) is 36.4 Å². The molecule has 1 amide bonds. The first kappa shape index (κ1) is 30.6. The summed E-state index contributed by atoms with van der Waals surface area (Å²) in [6.45, 7) is 14.9. The highest BCUT2D eigenvalue weighted by Gasteiger charge is 2.31. The number of anilines is 1. The number of aliphatic hydroxyl groups excluding tert-OH is 1. The summed E-state index contributed by atoms with van der Waals surface area (Å²) in [6, 6.07) is 13.1. The molecule has 0 fully saturated rings. The highest BCUT2D eigenvalue weighted by atomic mass is 16.5. The SMILES string of the molecule is CCC(CC)(c1ccc(CCC(O)C(C)(C)C)c(C)c1)c1ccc(NC(=O)CCCC(=O)OC)c(C)c1. The van der Waals surface area contributed by atoms with Crippen LogP contribution in [0.1, 0.15) is 101 Å². The lowest BCUT2D eigenvalue weighted by molar-refractivity contribution is -0.140. The van der Waals surface area contributed by atoms with Crippen LogP contribution in [0, 0.1) is 19.3 Å². The van der Waals surface area contributed by atoms with Gasteiger partial charge >= 0.3 is 5.97 Å². The summed E-state index contributed by atoms with van der Waals surface area (Å²) in [4.78, 5) is 23.7. The Morgan fingerprint density at radius 1 is 0.946 bits per heavy atom. The maximum Gasteiger partial charge on any atom is 0.305 e. The van der Waals surface area contributed by atoms with Crippen molar-refractivity contribution in [2.75, 3.05) is 12.4 Å². The zero-order valence-electron chi connectivity index (χ0n) is 24.2. The van der Waals surface area contributed by atoms with Crippen molar-refractivity contribution in [2.24, 2.45) is 5.41 Å². The van der Waals surface area contributed by atoms with Gasteiger partial charge in [0.25, 0.3) is 0 Å². The molecule has 2 rings (SSSR count). The fourth-order valence-electron chi connectivity index (χ4n) is 5.04. The van der Waals surface area contributed by atoms with Gasteiger partial charge in [0.1, 0.15) is 0 Å². The van der Waals surface area contributed by atoms with Gasteiger partial charge in [0.2, 0.25) is 5.91 Å². The largest absolute Gasteiger partial charge is 0.469 e. The Kier molecular flexibility index (Phi) is 10.9. The van der Waals surface area contributed by atoms with E-state index in [4.69, 9.17) is 0 Å². The zero-order valence-corrected chi connectivity index (χ0v) is 24.2. The lowest BCUT2D eigenvalue weighted by Crippen LogP contribution is -2.27. The molecule has 0 aliphatic heterocycles. The van der Waals surface area contributed by atoms with Crippen molar-refractivity contribution in [3.8, 4) is 0 Å². The van der Waals surface area contributed by atoms with Crippen molar-refractivity contribution in [3.05, 3.63) is 64.2 Å². The lowest BCUT2D eigenvalue weighted by Gasteiger charge is -2.34. The van der Waals surface area contributed by atoms with Crippen molar-refractivity contribution >= 4 is 17.6 Å². The molecule has 5 heteroatoms. The molecule has 2 N–H and O–H groups in total. The van der Waals surface area contributed by atoms with Crippen LogP contribution in [-0.4, -0.2) is 30.2 Å². The van der Waals surface area contributed by atoms with E-state index in [1.54, 1.807) is 0 Å². The molecule has 0 aliphatic carbocycles. The Morgan fingerprint density at radius 3 is 2.05 bits per heavy atom. The van der Waals surface area contributed by atoms with Crippen LogP contribution in [0.25, 0.3) is 0 Å². The van der Waals surface area contributed by atoms with E-state index in [1.807, 2.05) is 13.0 Å². The highest BCUT2D eigenvalue weighted by molar-refractivity contribution is 5.91. The third-order valence-electron chi connectivity index (χ3n) is 7.85. The van der Waals surface area contributed by atoms with Crippen LogP contribution >= 0.6 is 0 Å². The summed E-state index contributed by atoms with van der Waals surface area (Å²) < 4.78 is 4.64. The molecule has 0 heterocycles. The van der Waals surface area contributed by atoms with Crippen LogP contribution in [0.2, 0.25) is 0 Å². The Hall–Kier alpha value is -2.66. The molecule has 1 atom stereocenters. The van der Waals surface area contributed by atoms with Crippen molar-refractivity contribution < 1.29 is 19.4 Å². The van der Waals surface area contributed by atoms with E-state index in [0.29, 0.717) is 6.42 Å². The van der Waals surface area contributed by atoms with Crippen LogP contribution in [0.5, 0.6) is 0 Å². The molecule has 0 radical (unpaired) electrons. The van der Waals surface area contributed by atoms with Crippen molar-refractivity contribution in [2.45, 2.75) is 105 Å². The zero-order chi connectivity index (χ0) is 27.8. The molecule has 0 spiro atoms. The summed E-state index contributed by atoms with van der Waals surface area (Å²) in [5, 5.41) is 13.5. The number of hydrogen-bond donors (Lipinski definition) is 2. The summed E-state index contributed by atoms with van der Waals surface area (Å²) in [5.41, 5.74) is 6.68. The molecular weight excluding hydrogens is 462 g/mol. The van der Waals surface area contributed by atoms with Crippen molar-refractivity contribution in [1.82, 2.24) is 0 Å². The third kappa shape index (κ3) is 7.91. The Balaban J connectivity index is 2.23. The van der Waals surface area contributed by atoms with Gasteiger partial charge in [-0.15, -0.1) is 0 Å². The summed E-state index contributed by atoms with van der Waals surface area (Å²) in [7, 11) is 1.36. The molecule has 0 aromatic heterocycles. The molecule has 204 valence electrons. The van der Waals surface area contributed by atoms with Gasteiger partial charge < -0.3 is 15.2 Å². The van der Waals surface area contributed by atoms with Crippen LogP contribution in [0.3, 0.4) is 0 Å². The maximum atomic E-state index is 12.4. The predicted molar refractivity (Wildman–Crippen MR) is 152 cm³/mol.